The number of rotatable bonds is 6. The third kappa shape index (κ3) is 4.80. The molecule has 4 rings (SSSR count). The molecule has 6 nitrogen and oxygen atoms in total. The van der Waals surface area contributed by atoms with E-state index in [0.717, 1.165) is 21.8 Å². The number of benzene rings is 2. The molecular formula is C21H16FN5OS. The molecule has 0 saturated carbocycles. The van der Waals surface area contributed by atoms with Gasteiger partial charge in [-0.25, -0.2) is 19.5 Å². The van der Waals surface area contributed by atoms with Crippen molar-refractivity contribution in [1.82, 2.24) is 20.2 Å². The number of halogens is 1. The molecule has 1 amide bonds. The van der Waals surface area contributed by atoms with Crippen LogP contribution in [0.1, 0.15) is 11.3 Å². The van der Waals surface area contributed by atoms with Crippen LogP contribution in [0, 0.1) is 5.82 Å². The van der Waals surface area contributed by atoms with E-state index in [4.69, 9.17) is 0 Å². The van der Waals surface area contributed by atoms with E-state index in [9.17, 15) is 9.18 Å². The van der Waals surface area contributed by atoms with E-state index in [2.05, 4.69) is 20.6 Å². The SMILES string of the molecule is O=C(Cc1csc(-c2ccc(F)cc2)n1)N/N=C\c1cnn(-c2ccccc2)c1. The quantitative estimate of drug-likeness (QED) is 0.391. The Labute approximate surface area is 170 Å². The van der Waals surface area contributed by atoms with Crippen LogP contribution < -0.4 is 5.43 Å². The van der Waals surface area contributed by atoms with Crippen LogP contribution in [0.4, 0.5) is 4.39 Å². The maximum atomic E-state index is 13.0. The molecule has 0 aliphatic rings. The van der Waals surface area contributed by atoms with Crippen LogP contribution in [-0.2, 0) is 11.2 Å². The van der Waals surface area contributed by atoms with E-state index in [1.165, 1.54) is 29.7 Å². The van der Waals surface area contributed by atoms with Crippen LogP contribution in [0.25, 0.3) is 16.3 Å². The summed E-state index contributed by atoms with van der Waals surface area (Å²) in [7, 11) is 0. The topological polar surface area (TPSA) is 72.2 Å². The third-order valence-electron chi connectivity index (χ3n) is 4.01. The molecule has 0 aliphatic heterocycles. The molecule has 1 N–H and O–H groups in total. The van der Waals surface area contributed by atoms with Gasteiger partial charge in [0.25, 0.3) is 0 Å². The minimum atomic E-state index is -0.294. The summed E-state index contributed by atoms with van der Waals surface area (Å²) in [6.07, 6.45) is 5.13. The predicted octanol–water partition coefficient (Wildman–Crippen LogP) is 3.83. The zero-order chi connectivity index (χ0) is 20.1. The second kappa shape index (κ2) is 8.57. The Morgan fingerprint density at radius 2 is 1.97 bits per heavy atom. The Morgan fingerprint density at radius 1 is 1.17 bits per heavy atom. The van der Waals surface area contributed by atoms with Crippen molar-refractivity contribution < 1.29 is 9.18 Å². The Hall–Kier alpha value is -3.65. The van der Waals surface area contributed by atoms with Gasteiger partial charge in [-0.3, -0.25) is 4.79 Å². The number of nitrogens with zero attached hydrogens (tertiary/aromatic N) is 4. The van der Waals surface area contributed by atoms with Crippen molar-refractivity contribution in [2.45, 2.75) is 6.42 Å². The van der Waals surface area contributed by atoms with Crippen molar-refractivity contribution in [3.8, 4) is 16.3 Å². The second-order valence-corrected chi connectivity index (χ2v) is 7.03. The molecule has 29 heavy (non-hydrogen) atoms. The number of hydrogen-bond donors (Lipinski definition) is 1. The molecule has 0 aliphatic carbocycles. The van der Waals surface area contributed by atoms with Gasteiger partial charge < -0.3 is 0 Å². The highest BCUT2D eigenvalue weighted by atomic mass is 32.1. The number of hydrogen-bond acceptors (Lipinski definition) is 5. The normalized spacial score (nSPS) is 11.1. The molecule has 0 radical (unpaired) electrons. The monoisotopic (exact) mass is 405 g/mol. The van der Waals surface area contributed by atoms with Gasteiger partial charge in [0.1, 0.15) is 10.8 Å². The number of carbonyl (C=O) groups excluding carboxylic acids is 1. The van der Waals surface area contributed by atoms with Gasteiger partial charge in [-0.2, -0.15) is 10.2 Å². The summed E-state index contributed by atoms with van der Waals surface area (Å²) < 4.78 is 14.8. The van der Waals surface area contributed by atoms with Crippen LogP contribution in [0.5, 0.6) is 0 Å². The van der Waals surface area contributed by atoms with Crippen molar-refractivity contribution in [3.63, 3.8) is 0 Å². The van der Waals surface area contributed by atoms with E-state index in [1.54, 1.807) is 23.0 Å². The summed E-state index contributed by atoms with van der Waals surface area (Å²) in [5.41, 5.74) is 5.65. The highest BCUT2D eigenvalue weighted by molar-refractivity contribution is 7.13. The Kier molecular flexibility index (Phi) is 5.53. The van der Waals surface area contributed by atoms with Crippen molar-refractivity contribution >= 4 is 23.5 Å². The Balaban J connectivity index is 1.32. The first-order valence-corrected chi connectivity index (χ1v) is 9.68. The lowest BCUT2D eigenvalue weighted by molar-refractivity contribution is -0.120. The van der Waals surface area contributed by atoms with Gasteiger partial charge in [-0.1, -0.05) is 18.2 Å². The maximum Gasteiger partial charge on any atom is 0.246 e. The lowest BCUT2D eigenvalue weighted by atomic mass is 10.2. The molecule has 2 aromatic carbocycles. The minimum Gasteiger partial charge on any atom is -0.273 e. The van der Waals surface area contributed by atoms with Crippen LogP contribution in [0.3, 0.4) is 0 Å². The summed E-state index contributed by atoms with van der Waals surface area (Å²) in [6.45, 7) is 0. The molecule has 144 valence electrons. The molecular weight excluding hydrogens is 389 g/mol. The van der Waals surface area contributed by atoms with Crippen LogP contribution in [0.15, 0.2) is 77.5 Å². The summed E-state index contributed by atoms with van der Waals surface area (Å²) in [5.74, 6) is -0.565. The summed E-state index contributed by atoms with van der Waals surface area (Å²) in [4.78, 5) is 16.5. The van der Waals surface area contributed by atoms with Crippen LogP contribution in [0.2, 0.25) is 0 Å². The number of thiazole rings is 1. The standard InChI is InChI=1S/C21H16FN5OS/c22-17-8-6-16(7-9-17)21-25-18(14-29-21)10-20(28)26-23-11-15-12-24-27(13-15)19-4-2-1-3-5-19/h1-9,11-14H,10H2,(H,26,28)/b23-11-. The second-order valence-electron chi connectivity index (χ2n) is 6.17. The fourth-order valence-corrected chi connectivity index (χ4v) is 3.45. The first kappa shape index (κ1) is 18.7. The third-order valence-corrected chi connectivity index (χ3v) is 4.95. The molecule has 0 bridgehead atoms. The molecule has 0 saturated heterocycles. The molecule has 0 fully saturated rings. The largest absolute Gasteiger partial charge is 0.273 e. The van der Waals surface area contributed by atoms with Crippen LogP contribution >= 0.6 is 11.3 Å². The van der Waals surface area contributed by atoms with E-state index in [0.29, 0.717) is 5.69 Å². The van der Waals surface area contributed by atoms with E-state index in [1.807, 2.05) is 41.9 Å². The predicted molar refractivity (Wildman–Crippen MR) is 111 cm³/mol. The summed E-state index contributed by atoms with van der Waals surface area (Å²) in [5, 5.41) is 10.8. The molecule has 2 aromatic heterocycles. The lowest BCUT2D eigenvalue weighted by Gasteiger charge is -1.98. The summed E-state index contributed by atoms with van der Waals surface area (Å²) in [6, 6.07) is 15.8. The zero-order valence-electron chi connectivity index (χ0n) is 15.2. The van der Waals surface area contributed by atoms with E-state index < -0.39 is 0 Å². The number of carbonyl (C=O) groups is 1. The highest BCUT2D eigenvalue weighted by Crippen LogP contribution is 2.24. The van der Waals surface area contributed by atoms with Crippen molar-refractivity contribution in [2.24, 2.45) is 5.10 Å². The number of aromatic nitrogens is 3. The van der Waals surface area contributed by atoms with Crippen LogP contribution in [-0.4, -0.2) is 26.9 Å². The lowest BCUT2D eigenvalue weighted by Crippen LogP contribution is -2.19. The van der Waals surface area contributed by atoms with E-state index in [-0.39, 0.29) is 18.1 Å². The van der Waals surface area contributed by atoms with Gasteiger partial charge >= 0.3 is 0 Å². The van der Waals surface area contributed by atoms with Crippen molar-refractivity contribution in [2.75, 3.05) is 0 Å². The fraction of sp³-hybridized carbons (Fsp3) is 0.0476. The Morgan fingerprint density at radius 3 is 2.76 bits per heavy atom. The van der Waals surface area contributed by atoms with Gasteiger partial charge in [0.2, 0.25) is 5.91 Å². The van der Waals surface area contributed by atoms with Gasteiger partial charge in [-0.15, -0.1) is 11.3 Å². The number of nitrogens with one attached hydrogen (secondary N) is 1. The molecule has 8 heteroatoms. The number of hydrazone groups is 1. The first-order valence-electron chi connectivity index (χ1n) is 8.80. The molecule has 4 aromatic rings. The molecule has 0 unspecified atom stereocenters. The maximum absolute atomic E-state index is 13.0. The van der Waals surface area contributed by atoms with Crippen molar-refractivity contribution in [3.05, 3.63) is 89.4 Å². The average molecular weight is 405 g/mol. The first-order chi connectivity index (χ1) is 14.2. The highest BCUT2D eigenvalue weighted by Gasteiger charge is 2.09. The molecule has 0 atom stereocenters. The Bertz CT molecular complexity index is 1140. The summed E-state index contributed by atoms with van der Waals surface area (Å²) >= 11 is 1.41. The minimum absolute atomic E-state index is 0.109. The molecule has 0 spiro atoms. The zero-order valence-corrected chi connectivity index (χ0v) is 16.0. The van der Waals surface area contributed by atoms with Gasteiger partial charge in [0, 0.05) is 22.7 Å². The number of amides is 1. The fourth-order valence-electron chi connectivity index (χ4n) is 2.62. The van der Waals surface area contributed by atoms with Gasteiger partial charge in [-0.05, 0) is 36.4 Å². The smallest absolute Gasteiger partial charge is 0.246 e. The van der Waals surface area contributed by atoms with Gasteiger partial charge in [0.15, 0.2) is 0 Å². The number of para-hydroxylation sites is 1. The molecule has 2 heterocycles. The van der Waals surface area contributed by atoms with E-state index >= 15 is 0 Å². The van der Waals surface area contributed by atoms with Crippen molar-refractivity contribution in [1.29, 1.82) is 0 Å². The van der Waals surface area contributed by atoms with Gasteiger partial charge in [0.05, 0.1) is 30.2 Å². The average Bonchev–Trinajstić information content (AvgIpc) is 3.39.